The van der Waals surface area contributed by atoms with Crippen molar-refractivity contribution in [3.05, 3.63) is 11.9 Å². The van der Waals surface area contributed by atoms with E-state index in [9.17, 15) is 0 Å². The Hall–Kier alpha value is -0.170. The first kappa shape index (κ1) is 6.94. The van der Waals surface area contributed by atoms with Crippen molar-refractivity contribution in [1.29, 1.82) is 0 Å². The zero-order chi connectivity index (χ0) is 6.69. The number of aromatic nitrogens is 3. The molecular formula is C4H8IN4-. The molecular weight excluding hydrogens is 231 g/mol. The number of rotatable bonds is 2. The summed E-state index contributed by atoms with van der Waals surface area (Å²) in [7, 11) is 1.85. The molecule has 4 nitrogen and oxygen atoms in total. The van der Waals surface area contributed by atoms with Gasteiger partial charge in [0, 0.05) is 0 Å². The van der Waals surface area contributed by atoms with Crippen LogP contribution >= 0.6 is 0 Å². The molecule has 1 aromatic heterocycles. The predicted molar refractivity (Wildman–Crippen MR) is 28.9 cm³/mol. The third kappa shape index (κ3) is 1.90. The van der Waals surface area contributed by atoms with Crippen molar-refractivity contribution in [1.82, 2.24) is 15.0 Å². The molecule has 0 saturated heterocycles. The van der Waals surface area contributed by atoms with Crippen LogP contribution in [0.2, 0.25) is 0 Å². The Kier molecular flexibility index (Phi) is 2.40. The van der Waals surface area contributed by atoms with Crippen LogP contribution in [0.4, 0.5) is 0 Å². The minimum atomic E-state index is -0.174. The Bertz CT molecular complexity index is 184. The molecule has 0 aliphatic rings. The molecule has 1 rings (SSSR count). The van der Waals surface area contributed by atoms with Gasteiger partial charge in [-0.25, -0.2) is 0 Å². The van der Waals surface area contributed by atoms with Crippen molar-refractivity contribution in [2.45, 2.75) is 4.43 Å². The summed E-state index contributed by atoms with van der Waals surface area (Å²) in [6.45, 7) is 0. The Balaban J connectivity index is 2.61. The summed E-state index contributed by atoms with van der Waals surface area (Å²) in [5, 5.41) is 7.63. The first-order valence-corrected chi connectivity index (χ1v) is 5.23. The molecule has 0 amide bonds. The summed E-state index contributed by atoms with van der Waals surface area (Å²) in [6.07, 6.45) is 1.90. The second-order valence-corrected chi connectivity index (χ2v) is 3.32. The Morgan fingerprint density at radius 3 is 3.11 bits per heavy atom. The van der Waals surface area contributed by atoms with Gasteiger partial charge in [0.1, 0.15) is 0 Å². The van der Waals surface area contributed by atoms with Crippen LogP contribution in [0.15, 0.2) is 6.20 Å². The fraction of sp³-hybridized carbons (Fsp3) is 0.500. The molecule has 0 aliphatic carbocycles. The van der Waals surface area contributed by atoms with E-state index in [1.54, 1.807) is 4.68 Å². The summed E-state index contributed by atoms with van der Waals surface area (Å²) in [5.41, 5.74) is 1.01. The molecule has 1 heterocycles. The van der Waals surface area contributed by atoms with Crippen molar-refractivity contribution in [2.75, 3.05) is 0 Å². The average molecular weight is 239 g/mol. The number of nitrogens with two attached hydrogens (primary N) is 1. The van der Waals surface area contributed by atoms with E-state index in [2.05, 4.69) is 10.3 Å². The van der Waals surface area contributed by atoms with Crippen LogP contribution in [-0.4, -0.2) is 15.0 Å². The average Bonchev–Trinajstić information content (AvgIpc) is 2.17. The van der Waals surface area contributed by atoms with E-state index < -0.39 is 0 Å². The standard InChI is InChI=1S/C4H8IN4/c1-9-3-4(2-5-6)7-8-9/h3H,2,6H2,1H3/q-1. The summed E-state index contributed by atoms with van der Waals surface area (Å²) in [4.78, 5) is 0. The second kappa shape index (κ2) is 3.11. The van der Waals surface area contributed by atoms with Crippen LogP contribution in [0.3, 0.4) is 0 Å². The van der Waals surface area contributed by atoms with E-state index in [-0.39, 0.29) is 21.5 Å². The zero-order valence-corrected chi connectivity index (χ0v) is 7.24. The Labute approximate surface area is 64.0 Å². The van der Waals surface area contributed by atoms with Crippen molar-refractivity contribution >= 4 is 0 Å². The van der Waals surface area contributed by atoms with Gasteiger partial charge in [-0.3, -0.25) is 0 Å². The molecule has 0 bridgehead atoms. The minimum absolute atomic E-state index is 0.174. The normalized spacial score (nSPS) is 10.4. The van der Waals surface area contributed by atoms with Crippen molar-refractivity contribution < 1.29 is 21.5 Å². The number of hydrogen-bond acceptors (Lipinski definition) is 3. The molecule has 9 heavy (non-hydrogen) atoms. The molecule has 0 unspecified atom stereocenters. The van der Waals surface area contributed by atoms with Crippen LogP contribution in [0.25, 0.3) is 0 Å². The van der Waals surface area contributed by atoms with Crippen LogP contribution < -0.4 is 25.4 Å². The maximum atomic E-state index is 5.40. The molecule has 0 atom stereocenters. The molecule has 5 heteroatoms. The van der Waals surface area contributed by atoms with Gasteiger partial charge < -0.3 is 0 Å². The van der Waals surface area contributed by atoms with Crippen LogP contribution in [0.1, 0.15) is 5.69 Å². The van der Waals surface area contributed by atoms with Gasteiger partial charge in [-0.2, -0.15) is 0 Å². The van der Waals surface area contributed by atoms with E-state index >= 15 is 0 Å². The number of nitrogens with zero attached hydrogens (tertiary/aromatic N) is 3. The second-order valence-electron chi connectivity index (χ2n) is 1.67. The monoisotopic (exact) mass is 239 g/mol. The van der Waals surface area contributed by atoms with Gasteiger partial charge in [-0.1, -0.05) is 0 Å². The van der Waals surface area contributed by atoms with Crippen molar-refractivity contribution in [2.24, 2.45) is 11.0 Å². The fourth-order valence-corrected chi connectivity index (χ4v) is 1.34. The number of hydrogen-bond donors (Lipinski definition) is 1. The summed E-state index contributed by atoms with van der Waals surface area (Å²) in [6, 6.07) is 0. The van der Waals surface area contributed by atoms with Gasteiger partial charge in [0.25, 0.3) is 0 Å². The van der Waals surface area contributed by atoms with E-state index in [1.165, 1.54) is 0 Å². The first-order chi connectivity index (χ1) is 4.33. The van der Waals surface area contributed by atoms with E-state index in [0.29, 0.717) is 0 Å². The Morgan fingerprint density at radius 1 is 1.89 bits per heavy atom. The van der Waals surface area contributed by atoms with Gasteiger partial charge in [0.2, 0.25) is 0 Å². The molecule has 0 spiro atoms. The SMILES string of the molecule is Cn1cc(C[I-]N)nn1. The molecule has 0 radical (unpaired) electrons. The molecule has 0 fully saturated rings. The molecule has 0 aliphatic heterocycles. The molecule has 1 aromatic rings. The summed E-state index contributed by atoms with van der Waals surface area (Å²) >= 11 is -0.174. The fourth-order valence-electron chi connectivity index (χ4n) is 0.536. The van der Waals surface area contributed by atoms with Gasteiger partial charge in [0.05, 0.1) is 0 Å². The van der Waals surface area contributed by atoms with Crippen molar-refractivity contribution in [3.63, 3.8) is 0 Å². The molecule has 0 aromatic carbocycles. The van der Waals surface area contributed by atoms with Crippen LogP contribution in [0, 0.1) is 0 Å². The van der Waals surface area contributed by atoms with Gasteiger partial charge in [0.15, 0.2) is 0 Å². The zero-order valence-electron chi connectivity index (χ0n) is 5.08. The van der Waals surface area contributed by atoms with E-state index in [0.717, 1.165) is 10.1 Å². The topological polar surface area (TPSA) is 56.7 Å². The van der Waals surface area contributed by atoms with Crippen LogP contribution in [0.5, 0.6) is 0 Å². The third-order valence-electron chi connectivity index (χ3n) is 0.864. The number of alkyl halides is 1. The van der Waals surface area contributed by atoms with Gasteiger partial charge in [-0.05, 0) is 0 Å². The summed E-state index contributed by atoms with van der Waals surface area (Å²) < 4.78 is 8.02. The molecule has 52 valence electrons. The molecule has 2 N–H and O–H groups in total. The van der Waals surface area contributed by atoms with E-state index in [1.807, 2.05) is 13.2 Å². The quantitative estimate of drug-likeness (QED) is 0.328. The molecule has 0 saturated carbocycles. The third-order valence-corrected chi connectivity index (χ3v) is 2.09. The van der Waals surface area contributed by atoms with Crippen LogP contribution in [-0.2, 0) is 11.5 Å². The first-order valence-electron chi connectivity index (χ1n) is 2.46. The summed E-state index contributed by atoms with van der Waals surface area (Å²) in [5.74, 6) is 0. The van der Waals surface area contributed by atoms with E-state index in [4.69, 9.17) is 3.95 Å². The number of aryl methyl sites for hydroxylation is 1. The number of halogens is 1. The van der Waals surface area contributed by atoms with Crippen molar-refractivity contribution in [3.8, 4) is 0 Å². The predicted octanol–water partition coefficient (Wildman–Crippen LogP) is -3.72. The van der Waals surface area contributed by atoms with Gasteiger partial charge in [-0.15, -0.1) is 0 Å². The Morgan fingerprint density at radius 2 is 2.67 bits per heavy atom. The maximum absolute atomic E-state index is 5.40. The van der Waals surface area contributed by atoms with Gasteiger partial charge >= 0.3 is 63.8 Å².